The predicted molar refractivity (Wildman–Crippen MR) is 85.1 cm³/mol. The number of H-pyrrole nitrogens is 1. The highest BCUT2D eigenvalue weighted by Gasteiger charge is 2.23. The Hall–Kier alpha value is -2.14. The first kappa shape index (κ1) is 14.8. The summed E-state index contributed by atoms with van der Waals surface area (Å²) in [6.45, 7) is 0.504. The largest absolute Gasteiger partial charge is 0.351 e. The van der Waals surface area contributed by atoms with Crippen LogP contribution in [0, 0.1) is 0 Å². The molecule has 1 atom stereocenters. The van der Waals surface area contributed by atoms with Crippen LogP contribution in [0.15, 0.2) is 36.5 Å². The normalized spacial score (nSPS) is 16.0. The molecule has 0 saturated heterocycles. The number of nitrogens with two attached hydrogens (primary N) is 1. The molecule has 4 N–H and O–H groups in total. The van der Waals surface area contributed by atoms with Gasteiger partial charge in [0, 0.05) is 30.8 Å². The van der Waals surface area contributed by atoms with Gasteiger partial charge in [0.2, 0.25) is 5.91 Å². The minimum absolute atomic E-state index is 0.136. The summed E-state index contributed by atoms with van der Waals surface area (Å²) in [4.78, 5) is 19.8. The number of imidazole rings is 1. The average Bonchev–Trinajstić information content (AvgIpc) is 2.92. The van der Waals surface area contributed by atoms with Crippen molar-refractivity contribution < 1.29 is 4.79 Å². The van der Waals surface area contributed by atoms with Crippen LogP contribution in [0.2, 0.25) is 0 Å². The number of nitrogens with one attached hydrogen (secondary N) is 2. The highest BCUT2D eigenvalue weighted by molar-refractivity contribution is 5.81. The molecule has 116 valence electrons. The number of carbonyl (C=O) groups excluding carboxylic acids is 1. The fraction of sp³-hybridized carbons (Fsp3) is 0.412. The molecule has 1 heterocycles. The van der Waals surface area contributed by atoms with E-state index in [1.807, 2.05) is 30.3 Å². The second kappa shape index (κ2) is 6.75. The Kier molecular flexibility index (Phi) is 4.53. The monoisotopic (exact) mass is 298 g/mol. The third-order valence-corrected chi connectivity index (χ3v) is 4.23. The lowest BCUT2D eigenvalue weighted by molar-refractivity contribution is -0.122. The first-order valence-corrected chi connectivity index (χ1v) is 7.83. The molecule has 1 saturated carbocycles. The van der Waals surface area contributed by atoms with E-state index >= 15 is 0 Å². The molecule has 2 aromatic rings. The summed E-state index contributed by atoms with van der Waals surface area (Å²) in [7, 11) is 0. The zero-order chi connectivity index (χ0) is 15.4. The van der Waals surface area contributed by atoms with Crippen LogP contribution < -0.4 is 11.1 Å². The average molecular weight is 298 g/mol. The highest BCUT2D eigenvalue weighted by atomic mass is 16.2. The Balaban J connectivity index is 1.49. The van der Waals surface area contributed by atoms with Gasteiger partial charge in [-0.2, -0.15) is 0 Å². The van der Waals surface area contributed by atoms with Crippen LogP contribution in [0.25, 0.3) is 0 Å². The van der Waals surface area contributed by atoms with Crippen LogP contribution in [0.1, 0.15) is 42.3 Å². The maximum Gasteiger partial charge on any atom is 0.237 e. The molecule has 5 nitrogen and oxygen atoms in total. The molecule has 5 heteroatoms. The Morgan fingerprint density at radius 3 is 2.82 bits per heavy atom. The lowest BCUT2D eigenvalue weighted by atomic mass is 9.85. The van der Waals surface area contributed by atoms with Crippen LogP contribution in [0.5, 0.6) is 0 Å². The number of hydrogen-bond donors (Lipinski definition) is 3. The lowest BCUT2D eigenvalue weighted by Gasteiger charge is -2.22. The second-order valence-corrected chi connectivity index (χ2v) is 5.94. The fourth-order valence-corrected chi connectivity index (χ4v) is 2.62. The number of hydrogen-bond acceptors (Lipinski definition) is 3. The Morgan fingerprint density at radius 2 is 2.14 bits per heavy atom. The molecular weight excluding hydrogens is 276 g/mol. The van der Waals surface area contributed by atoms with Gasteiger partial charge in [0.15, 0.2) is 0 Å². The summed E-state index contributed by atoms with van der Waals surface area (Å²) >= 11 is 0. The van der Waals surface area contributed by atoms with Gasteiger partial charge in [-0.05, 0) is 18.4 Å². The number of rotatable bonds is 6. The number of carbonyl (C=O) groups is 1. The van der Waals surface area contributed by atoms with Crippen molar-refractivity contribution in [3.63, 3.8) is 0 Å². The van der Waals surface area contributed by atoms with Crippen molar-refractivity contribution in [3.05, 3.63) is 53.6 Å². The summed E-state index contributed by atoms with van der Waals surface area (Å²) in [6, 6.07) is 9.26. The van der Waals surface area contributed by atoms with E-state index in [4.69, 9.17) is 5.73 Å². The molecule has 1 aromatic carbocycles. The van der Waals surface area contributed by atoms with Crippen molar-refractivity contribution in [1.29, 1.82) is 0 Å². The summed E-state index contributed by atoms with van der Waals surface area (Å²) in [5.74, 6) is 1.47. The van der Waals surface area contributed by atoms with E-state index in [1.54, 1.807) is 6.20 Å². The molecule has 0 spiro atoms. The van der Waals surface area contributed by atoms with E-state index < -0.39 is 6.04 Å². The highest BCUT2D eigenvalue weighted by Crippen LogP contribution is 2.34. The summed E-state index contributed by atoms with van der Waals surface area (Å²) < 4.78 is 0. The first-order valence-electron chi connectivity index (χ1n) is 7.83. The smallest absolute Gasteiger partial charge is 0.237 e. The quantitative estimate of drug-likeness (QED) is 0.761. The van der Waals surface area contributed by atoms with Crippen LogP contribution >= 0.6 is 0 Å². The number of amides is 1. The zero-order valence-corrected chi connectivity index (χ0v) is 12.6. The number of nitrogens with zero attached hydrogens (tertiary/aromatic N) is 1. The van der Waals surface area contributed by atoms with Gasteiger partial charge in [0.25, 0.3) is 0 Å². The lowest BCUT2D eigenvalue weighted by Crippen LogP contribution is -2.41. The Labute approximate surface area is 130 Å². The number of aromatic amines is 1. The molecular formula is C17H22N4O. The molecule has 1 aliphatic rings. The fourth-order valence-electron chi connectivity index (χ4n) is 2.62. The van der Waals surface area contributed by atoms with Crippen LogP contribution in [-0.2, 0) is 17.8 Å². The van der Waals surface area contributed by atoms with Crippen molar-refractivity contribution in [2.75, 3.05) is 0 Å². The Bertz CT molecular complexity index is 619. The van der Waals surface area contributed by atoms with E-state index in [9.17, 15) is 4.79 Å². The maximum atomic E-state index is 12.1. The maximum absolute atomic E-state index is 12.1. The first-order chi connectivity index (χ1) is 10.7. The molecule has 0 aliphatic heterocycles. The van der Waals surface area contributed by atoms with Gasteiger partial charge in [0.1, 0.15) is 5.82 Å². The van der Waals surface area contributed by atoms with E-state index in [0.29, 0.717) is 18.9 Å². The number of aromatic nitrogens is 2. The third-order valence-electron chi connectivity index (χ3n) is 4.23. The van der Waals surface area contributed by atoms with Crippen LogP contribution in [0.4, 0.5) is 0 Å². The van der Waals surface area contributed by atoms with Gasteiger partial charge < -0.3 is 16.0 Å². The topological polar surface area (TPSA) is 83.8 Å². The molecule has 1 aliphatic carbocycles. The van der Waals surface area contributed by atoms with Crippen molar-refractivity contribution in [2.45, 2.75) is 44.2 Å². The molecule has 1 amide bonds. The predicted octanol–water partition coefficient (Wildman–Crippen LogP) is 1.86. The SMILES string of the molecule is N[C@@H](Cc1cnc(C2CCC2)[nH]1)C(=O)NCc1ccccc1. The van der Waals surface area contributed by atoms with Gasteiger partial charge >= 0.3 is 0 Å². The minimum Gasteiger partial charge on any atom is -0.351 e. The molecule has 0 radical (unpaired) electrons. The number of benzene rings is 1. The van der Waals surface area contributed by atoms with Crippen molar-refractivity contribution in [3.8, 4) is 0 Å². The molecule has 1 aromatic heterocycles. The van der Waals surface area contributed by atoms with Gasteiger partial charge in [-0.3, -0.25) is 4.79 Å². The molecule has 3 rings (SSSR count). The van der Waals surface area contributed by atoms with Crippen molar-refractivity contribution in [2.24, 2.45) is 5.73 Å². The zero-order valence-electron chi connectivity index (χ0n) is 12.6. The molecule has 22 heavy (non-hydrogen) atoms. The molecule has 0 bridgehead atoms. The van der Waals surface area contributed by atoms with Gasteiger partial charge in [-0.15, -0.1) is 0 Å². The van der Waals surface area contributed by atoms with Crippen LogP contribution in [0.3, 0.4) is 0 Å². The standard InChI is InChI=1S/C17H22N4O/c18-15(17(22)20-10-12-5-2-1-3-6-12)9-14-11-19-16(21-14)13-7-4-8-13/h1-3,5-6,11,13,15H,4,7-10,18H2,(H,19,21)(H,20,22)/t15-/m0/s1. The van der Waals surface area contributed by atoms with Gasteiger partial charge in [0.05, 0.1) is 6.04 Å². The third kappa shape index (κ3) is 3.54. The van der Waals surface area contributed by atoms with E-state index in [2.05, 4.69) is 15.3 Å². The second-order valence-electron chi connectivity index (χ2n) is 5.94. The molecule has 1 fully saturated rings. The van der Waals surface area contributed by atoms with Crippen molar-refractivity contribution in [1.82, 2.24) is 15.3 Å². The van der Waals surface area contributed by atoms with E-state index in [0.717, 1.165) is 17.1 Å². The van der Waals surface area contributed by atoms with Gasteiger partial charge in [-0.25, -0.2) is 4.98 Å². The van der Waals surface area contributed by atoms with Crippen LogP contribution in [-0.4, -0.2) is 21.9 Å². The van der Waals surface area contributed by atoms with Crippen molar-refractivity contribution >= 4 is 5.91 Å². The van der Waals surface area contributed by atoms with E-state index in [1.165, 1.54) is 19.3 Å². The minimum atomic E-state index is -0.557. The summed E-state index contributed by atoms with van der Waals surface area (Å²) in [6.07, 6.45) is 5.98. The van der Waals surface area contributed by atoms with E-state index in [-0.39, 0.29) is 5.91 Å². The molecule has 0 unspecified atom stereocenters. The Morgan fingerprint density at radius 1 is 1.36 bits per heavy atom. The summed E-state index contributed by atoms with van der Waals surface area (Å²) in [5.41, 5.74) is 7.99. The van der Waals surface area contributed by atoms with Gasteiger partial charge in [-0.1, -0.05) is 36.8 Å². The summed E-state index contributed by atoms with van der Waals surface area (Å²) in [5, 5.41) is 2.87.